The molecule has 2 atom stereocenters. The van der Waals surface area contributed by atoms with Gasteiger partial charge in [-0.2, -0.15) is 5.10 Å². The van der Waals surface area contributed by atoms with Crippen LogP contribution in [-0.4, -0.2) is 28.8 Å². The number of thiocarbonyl (C=S) groups is 1. The van der Waals surface area contributed by atoms with Gasteiger partial charge >= 0.3 is 0 Å². The minimum absolute atomic E-state index is 0.376. The van der Waals surface area contributed by atoms with E-state index < -0.39 is 0 Å². The summed E-state index contributed by atoms with van der Waals surface area (Å²) in [5, 5.41) is 8.00. The van der Waals surface area contributed by atoms with E-state index in [1.54, 1.807) is 6.20 Å². The molecule has 1 saturated carbocycles. The van der Waals surface area contributed by atoms with Crippen LogP contribution in [-0.2, 0) is 0 Å². The molecule has 0 radical (unpaired) electrons. The second-order valence-corrected chi connectivity index (χ2v) is 4.93. The summed E-state index contributed by atoms with van der Waals surface area (Å²) in [5.74, 6) is 2.38. The largest absolute Gasteiger partial charge is 0.389 e. The summed E-state index contributed by atoms with van der Waals surface area (Å²) in [4.78, 5) is 2.47. The number of hydrogen-bond donors (Lipinski definition) is 1. The topological polar surface area (TPSA) is 55.0 Å². The Labute approximate surface area is 101 Å². The first-order chi connectivity index (χ1) is 7.59. The van der Waals surface area contributed by atoms with E-state index in [2.05, 4.69) is 22.0 Å². The molecule has 0 amide bonds. The van der Waals surface area contributed by atoms with Crippen LogP contribution in [0.2, 0.25) is 0 Å². The lowest BCUT2D eigenvalue weighted by molar-refractivity contribution is 0.714. The predicted molar refractivity (Wildman–Crippen MR) is 68.5 cm³/mol. The molecule has 0 aliphatic heterocycles. The van der Waals surface area contributed by atoms with Crippen molar-refractivity contribution >= 4 is 23.0 Å². The molecule has 1 heterocycles. The quantitative estimate of drug-likeness (QED) is 0.796. The van der Waals surface area contributed by atoms with Crippen molar-refractivity contribution in [3.05, 3.63) is 17.8 Å². The Kier molecular flexibility index (Phi) is 3.05. The maximum Gasteiger partial charge on any atom is 0.161 e. The van der Waals surface area contributed by atoms with Crippen molar-refractivity contribution in [1.82, 2.24) is 10.2 Å². The number of anilines is 1. The van der Waals surface area contributed by atoms with Crippen LogP contribution in [0.1, 0.15) is 18.9 Å². The molecule has 16 heavy (non-hydrogen) atoms. The number of nitrogens with zero attached hydrogens (tertiary/aromatic N) is 3. The highest BCUT2D eigenvalue weighted by Gasteiger charge is 2.33. The van der Waals surface area contributed by atoms with Crippen molar-refractivity contribution in [3.63, 3.8) is 0 Å². The van der Waals surface area contributed by atoms with Gasteiger partial charge in [0, 0.05) is 13.6 Å². The molecule has 86 valence electrons. The van der Waals surface area contributed by atoms with E-state index in [-0.39, 0.29) is 0 Å². The maximum absolute atomic E-state index is 5.66. The molecular formula is C11H16N4S. The third-order valence-electron chi connectivity index (χ3n) is 3.11. The Morgan fingerprint density at radius 3 is 2.94 bits per heavy atom. The van der Waals surface area contributed by atoms with Gasteiger partial charge in [0.2, 0.25) is 0 Å². The molecule has 4 nitrogen and oxygen atoms in total. The van der Waals surface area contributed by atoms with Crippen LogP contribution in [0.3, 0.4) is 0 Å². The Bertz CT molecular complexity index is 407. The molecule has 0 spiro atoms. The number of rotatable bonds is 4. The Morgan fingerprint density at radius 1 is 1.69 bits per heavy atom. The van der Waals surface area contributed by atoms with Gasteiger partial charge in [0.05, 0.1) is 11.8 Å². The van der Waals surface area contributed by atoms with Crippen molar-refractivity contribution in [2.24, 2.45) is 17.6 Å². The molecule has 0 saturated heterocycles. The highest BCUT2D eigenvalue weighted by molar-refractivity contribution is 7.80. The van der Waals surface area contributed by atoms with Crippen molar-refractivity contribution in [3.8, 4) is 0 Å². The zero-order valence-corrected chi connectivity index (χ0v) is 10.4. The van der Waals surface area contributed by atoms with Gasteiger partial charge in [-0.05, 0) is 24.3 Å². The smallest absolute Gasteiger partial charge is 0.161 e. The molecule has 2 unspecified atom stereocenters. The molecule has 1 aromatic heterocycles. The average molecular weight is 236 g/mol. The average Bonchev–Trinajstić information content (AvgIpc) is 2.94. The van der Waals surface area contributed by atoms with Gasteiger partial charge in [0.1, 0.15) is 4.99 Å². The van der Waals surface area contributed by atoms with E-state index in [1.165, 1.54) is 6.42 Å². The predicted octanol–water partition coefficient (Wildman–Crippen LogP) is 1.20. The molecule has 2 rings (SSSR count). The van der Waals surface area contributed by atoms with Gasteiger partial charge in [-0.3, -0.25) is 0 Å². The molecule has 1 aromatic rings. The normalized spacial score (nSPS) is 22.9. The zero-order chi connectivity index (χ0) is 11.7. The van der Waals surface area contributed by atoms with Gasteiger partial charge in [0.25, 0.3) is 0 Å². The van der Waals surface area contributed by atoms with Crippen molar-refractivity contribution < 1.29 is 0 Å². The lowest BCUT2D eigenvalue weighted by Crippen LogP contribution is -2.25. The summed E-state index contributed by atoms with van der Waals surface area (Å²) in [6.07, 6.45) is 2.92. The molecule has 5 heteroatoms. The van der Waals surface area contributed by atoms with Gasteiger partial charge in [-0.15, -0.1) is 5.10 Å². The monoisotopic (exact) mass is 236 g/mol. The van der Waals surface area contributed by atoms with E-state index in [9.17, 15) is 0 Å². The minimum Gasteiger partial charge on any atom is -0.389 e. The summed E-state index contributed by atoms with van der Waals surface area (Å²) < 4.78 is 0. The van der Waals surface area contributed by atoms with E-state index >= 15 is 0 Å². The Morgan fingerprint density at radius 2 is 2.38 bits per heavy atom. The standard InChI is InChI=1S/C11H16N4S/c1-7-5-8(7)6-15(2)11-9(10(12)16)3-4-13-14-11/h3-4,7-8H,5-6H2,1-2H3,(H2,12,16). The first kappa shape index (κ1) is 11.3. The third kappa shape index (κ3) is 2.29. The van der Waals surface area contributed by atoms with Gasteiger partial charge < -0.3 is 10.6 Å². The van der Waals surface area contributed by atoms with Gasteiger partial charge in [-0.1, -0.05) is 19.1 Å². The van der Waals surface area contributed by atoms with Crippen LogP contribution in [0.4, 0.5) is 5.82 Å². The fraction of sp³-hybridized carbons (Fsp3) is 0.545. The minimum atomic E-state index is 0.376. The lowest BCUT2D eigenvalue weighted by Gasteiger charge is -2.19. The molecule has 1 aliphatic rings. The van der Waals surface area contributed by atoms with Crippen LogP contribution in [0.15, 0.2) is 12.3 Å². The molecular weight excluding hydrogens is 220 g/mol. The van der Waals surface area contributed by atoms with Crippen LogP contribution in [0, 0.1) is 11.8 Å². The van der Waals surface area contributed by atoms with Crippen LogP contribution < -0.4 is 10.6 Å². The number of aromatic nitrogens is 2. The second kappa shape index (κ2) is 4.33. The molecule has 1 aliphatic carbocycles. The SMILES string of the molecule is CC1CC1CN(C)c1nnccc1C(N)=S. The summed E-state index contributed by atoms with van der Waals surface area (Å²) in [6.45, 7) is 3.26. The van der Waals surface area contributed by atoms with Crippen LogP contribution in [0.5, 0.6) is 0 Å². The van der Waals surface area contributed by atoms with E-state index in [0.29, 0.717) is 4.99 Å². The second-order valence-electron chi connectivity index (χ2n) is 4.49. The van der Waals surface area contributed by atoms with Crippen molar-refractivity contribution in [2.45, 2.75) is 13.3 Å². The zero-order valence-electron chi connectivity index (χ0n) is 9.55. The highest BCUT2D eigenvalue weighted by Crippen LogP contribution is 2.38. The van der Waals surface area contributed by atoms with Crippen molar-refractivity contribution in [1.29, 1.82) is 0 Å². The van der Waals surface area contributed by atoms with E-state index in [0.717, 1.165) is 29.8 Å². The molecule has 2 N–H and O–H groups in total. The maximum atomic E-state index is 5.66. The summed E-state index contributed by atoms with van der Waals surface area (Å²) in [6, 6.07) is 1.82. The fourth-order valence-electron chi connectivity index (χ4n) is 1.89. The first-order valence-corrected chi connectivity index (χ1v) is 5.83. The molecule has 1 fully saturated rings. The number of nitrogens with two attached hydrogens (primary N) is 1. The summed E-state index contributed by atoms with van der Waals surface area (Å²) in [5.41, 5.74) is 6.47. The third-order valence-corrected chi connectivity index (χ3v) is 3.33. The fourth-order valence-corrected chi connectivity index (χ4v) is 2.05. The Balaban J connectivity index is 2.15. The van der Waals surface area contributed by atoms with Crippen molar-refractivity contribution in [2.75, 3.05) is 18.5 Å². The Hall–Kier alpha value is -1.23. The first-order valence-electron chi connectivity index (χ1n) is 5.42. The summed E-state index contributed by atoms with van der Waals surface area (Å²) in [7, 11) is 2.01. The van der Waals surface area contributed by atoms with Gasteiger partial charge in [0.15, 0.2) is 5.82 Å². The van der Waals surface area contributed by atoms with E-state index in [4.69, 9.17) is 18.0 Å². The highest BCUT2D eigenvalue weighted by atomic mass is 32.1. The van der Waals surface area contributed by atoms with E-state index in [1.807, 2.05) is 13.1 Å². The van der Waals surface area contributed by atoms with Crippen LogP contribution >= 0.6 is 12.2 Å². The molecule has 0 aromatic carbocycles. The number of hydrogen-bond acceptors (Lipinski definition) is 4. The summed E-state index contributed by atoms with van der Waals surface area (Å²) >= 11 is 5.00. The van der Waals surface area contributed by atoms with Gasteiger partial charge in [-0.25, -0.2) is 0 Å². The lowest BCUT2D eigenvalue weighted by atomic mass is 10.2. The van der Waals surface area contributed by atoms with Crippen LogP contribution in [0.25, 0.3) is 0 Å². The molecule has 0 bridgehead atoms.